The van der Waals surface area contributed by atoms with Crippen molar-refractivity contribution in [3.05, 3.63) is 61.4 Å². The van der Waals surface area contributed by atoms with E-state index in [1.807, 2.05) is 45.0 Å². The molecule has 1 N–H and O–H groups in total. The van der Waals surface area contributed by atoms with Crippen LogP contribution in [0.4, 0.5) is 5.69 Å². The fraction of sp³-hybridized carbons (Fsp3) is 0.400. The van der Waals surface area contributed by atoms with Gasteiger partial charge in [-0.3, -0.25) is 14.2 Å². The van der Waals surface area contributed by atoms with E-state index in [0.717, 1.165) is 15.7 Å². The number of rotatable bonds is 4. The van der Waals surface area contributed by atoms with Crippen LogP contribution in [0, 0.1) is 18.3 Å². The molecule has 140 valence electrons. The maximum atomic E-state index is 12.6. The number of nitrogens with one attached hydrogen (secondary N) is 1. The Hall–Kier alpha value is -3.14. The van der Waals surface area contributed by atoms with Crippen molar-refractivity contribution >= 4 is 11.6 Å². The van der Waals surface area contributed by atoms with Crippen LogP contribution in [0.15, 0.2) is 27.8 Å². The summed E-state index contributed by atoms with van der Waals surface area (Å²) >= 11 is 0. The Morgan fingerprint density at radius 1 is 1.33 bits per heavy atom. The van der Waals surface area contributed by atoms with E-state index in [2.05, 4.69) is 5.32 Å². The van der Waals surface area contributed by atoms with Gasteiger partial charge in [-0.1, -0.05) is 32.0 Å². The van der Waals surface area contributed by atoms with Gasteiger partial charge in [-0.05, 0) is 36.8 Å². The molecule has 0 aliphatic carbocycles. The molecule has 1 amide bonds. The molecule has 2 aromatic rings. The molecule has 0 fully saturated rings. The number of hydrogen-bond donors (Lipinski definition) is 1. The molecular formula is C20H22N4O3. The molecule has 0 radical (unpaired) electrons. The van der Waals surface area contributed by atoms with E-state index in [0.29, 0.717) is 30.8 Å². The number of fused-ring (bicyclic) bond motifs is 1. The molecule has 1 aromatic heterocycles. The number of benzene rings is 1. The molecular weight excluding hydrogens is 344 g/mol. The number of aryl methyl sites for hydroxylation is 1. The molecule has 0 atom stereocenters. The number of para-hydroxylation sites is 1. The minimum absolute atomic E-state index is 0.0429. The van der Waals surface area contributed by atoms with Gasteiger partial charge in [0.2, 0.25) is 5.91 Å². The van der Waals surface area contributed by atoms with Crippen molar-refractivity contribution in [1.82, 2.24) is 9.13 Å². The number of nitriles is 1. The van der Waals surface area contributed by atoms with E-state index in [1.54, 1.807) is 0 Å². The van der Waals surface area contributed by atoms with Gasteiger partial charge in [0.25, 0.3) is 5.56 Å². The average Bonchev–Trinajstić information content (AvgIpc) is 3.10. The smallest absolute Gasteiger partial charge is 0.324 e. The zero-order chi connectivity index (χ0) is 19.7. The Bertz CT molecular complexity index is 1070. The van der Waals surface area contributed by atoms with Crippen LogP contribution in [-0.2, 0) is 24.3 Å². The van der Waals surface area contributed by atoms with Crippen LogP contribution in [0.1, 0.15) is 48.6 Å². The Kier molecular flexibility index (Phi) is 5.00. The number of anilines is 1. The number of amides is 1. The van der Waals surface area contributed by atoms with Crippen molar-refractivity contribution in [3.63, 3.8) is 0 Å². The van der Waals surface area contributed by atoms with Crippen LogP contribution in [-0.4, -0.2) is 15.0 Å². The molecule has 0 saturated heterocycles. The molecule has 3 rings (SSSR count). The standard InChI is InChI=1S/C20H22N4O3/c1-12(2)14-7-4-6-13(3)18(14)22-17(25)11-24-19(26)15(10-21)16-8-5-9-23(16)20(24)27/h4,6-7,12H,5,8-9,11H2,1-3H3,(H,22,25). The number of carbonyl (C=O) groups excluding carboxylic acids is 1. The van der Waals surface area contributed by atoms with Crippen molar-refractivity contribution in [1.29, 1.82) is 5.26 Å². The Labute approximate surface area is 156 Å². The van der Waals surface area contributed by atoms with E-state index in [9.17, 15) is 19.6 Å². The third kappa shape index (κ3) is 3.31. The van der Waals surface area contributed by atoms with Gasteiger partial charge in [0.15, 0.2) is 0 Å². The van der Waals surface area contributed by atoms with Crippen LogP contribution in [0.3, 0.4) is 0 Å². The summed E-state index contributed by atoms with van der Waals surface area (Å²) in [7, 11) is 0. The summed E-state index contributed by atoms with van der Waals surface area (Å²) in [6, 6.07) is 7.66. The zero-order valence-corrected chi connectivity index (χ0v) is 15.7. The predicted molar refractivity (Wildman–Crippen MR) is 102 cm³/mol. The molecule has 0 spiro atoms. The van der Waals surface area contributed by atoms with E-state index >= 15 is 0 Å². The molecule has 7 nitrogen and oxygen atoms in total. The first-order chi connectivity index (χ1) is 12.8. The van der Waals surface area contributed by atoms with Gasteiger partial charge in [0.05, 0.1) is 0 Å². The van der Waals surface area contributed by atoms with Gasteiger partial charge in [-0.2, -0.15) is 5.26 Å². The van der Waals surface area contributed by atoms with Gasteiger partial charge in [0.1, 0.15) is 18.2 Å². The SMILES string of the molecule is Cc1cccc(C(C)C)c1NC(=O)Cn1c(=O)c(C#N)c2n(c1=O)CCC2. The summed E-state index contributed by atoms with van der Waals surface area (Å²) in [4.78, 5) is 37.8. The highest BCUT2D eigenvalue weighted by atomic mass is 16.2. The third-order valence-electron chi connectivity index (χ3n) is 4.94. The molecule has 1 aromatic carbocycles. The maximum Gasteiger partial charge on any atom is 0.331 e. The summed E-state index contributed by atoms with van der Waals surface area (Å²) in [5, 5.41) is 12.2. The molecule has 2 heterocycles. The summed E-state index contributed by atoms with van der Waals surface area (Å²) in [6.45, 7) is 5.99. The third-order valence-corrected chi connectivity index (χ3v) is 4.94. The molecule has 7 heteroatoms. The summed E-state index contributed by atoms with van der Waals surface area (Å²) in [5.74, 6) is -0.258. The molecule has 1 aliphatic heterocycles. The van der Waals surface area contributed by atoms with Crippen LogP contribution >= 0.6 is 0 Å². The lowest BCUT2D eigenvalue weighted by Crippen LogP contribution is -2.44. The Morgan fingerprint density at radius 2 is 2.07 bits per heavy atom. The highest BCUT2D eigenvalue weighted by Crippen LogP contribution is 2.27. The molecule has 0 unspecified atom stereocenters. The summed E-state index contributed by atoms with van der Waals surface area (Å²) in [5.41, 5.74) is 1.80. The summed E-state index contributed by atoms with van der Waals surface area (Å²) < 4.78 is 2.29. The van der Waals surface area contributed by atoms with Gasteiger partial charge >= 0.3 is 5.69 Å². The lowest BCUT2D eigenvalue weighted by Gasteiger charge is -2.17. The van der Waals surface area contributed by atoms with Crippen LogP contribution < -0.4 is 16.6 Å². The lowest BCUT2D eigenvalue weighted by molar-refractivity contribution is -0.116. The number of nitrogens with zero attached hydrogens (tertiary/aromatic N) is 3. The van der Waals surface area contributed by atoms with Crippen molar-refractivity contribution in [2.45, 2.75) is 52.6 Å². The van der Waals surface area contributed by atoms with E-state index in [-0.39, 0.29) is 11.5 Å². The lowest BCUT2D eigenvalue weighted by atomic mass is 9.98. The fourth-order valence-corrected chi connectivity index (χ4v) is 3.55. The highest BCUT2D eigenvalue weighted by molar-refractivity contribution is 5.92. The van der Waals surface area contributed by atoms with Crippen molar-refractivity contribution in [3.8, 4) is 6.07 Å². The van der Waals surface area contributed by atoms with Gasteiger partial charge in [-0.25, -0.2) is 9.36 Å². The molecule has 0 saturated carbocycles. The Morgan fingerprint density at radius 3 is 2.74 bits per heavy atom. The minimum atomic E-state index is -0.695. The second-order valence-corrected chi connectivity index (χ2v) is 7.10. The van der Waals surface area contributed by atoms with E-state index in [1.165, 1.54) is 4.57 Å². The zero-order valence-electron chi connectivity index (χ0n) is 15.7. The topological polar surface area (TPSA) is 96.9 Å². The van der Waals surface area contributed by atoms with Gasteiger partial charge < -0.3 is 5.32 Å². The normalized spacial score (nSPS) is 12.7. The fourth-order valence-electron chi connectivity index (χ4n) is 3.55. The number of hydrogen-bond acceptors (Lipinski definition) is 4. The predicted octanol–water partition coefficient (Wildman–Crippen LogP) is 1.90. The quantitative estimate of drug-likeness (QED) is 0.894. The van der Waals surface area contributed by atoms with Gasteiger partial charge in [-0.15, -0.1) is 0 Å². The van der Waals surface area contributed by atoms with Crippen LogP contribution in [0.25, 0.3) is 0 Å². The second kappa shape index (κ2) is 7.23. The van der Waals surface area contributed by atoms with Gasteiger partial charge in [0, 0.05) is 17.9 Å². The largest absolute Gasteiger partial charge is 0.331 e. The molecule has 27 heavy (non-hydrogen) atoms. The monoisotopic (exact) mass is 366 g/mol. The second-order valence-electron chi connectivity index (χ2n) is 7.10. The van der Waals surface area contributed by atoms with Crippen molar-refractivity contribution in [2.24, 2.45) is 0 Å². The highest BCUT2D eigenvalue weighted by Gasteiger charge is 2.23. The van der Waals surface area contributed by atoms with Crippen molar-refractivity contribution < 1.29 is 4.79 Å². The summed E-state index contributed by atoms with van der Waals surface area (Å²) in [6.07, 6.45) is 1.24. The first-order valence-electron chi connectivity index (χ1n) is 9.01. The first-order valence-corrected chi connectivity index (χ1v) is 9.01. The van der Waals surface area contributed by atoms with E-state index in [4.69, 9.17) is 0 Å². The van der Waals surface area contributed by atoms with Crippen molar-refractivity contribution in [2.75, 3.05) is 5.32 Å². The molecule has 1 aliphatic rings. The Balaban J connectivity index is 1.97. The first kappa shape index (κ1) is 18.6. The number of aromatic nitrogens is 2. The van der Waals surface area contributed by atoms with E-state index < -0.39 is 23.7 Å². The average molecular weight is 366 g/mol. The number of carbonyl (C=O) groups is 1. The van der Waals surface area contributed by atoms with Crippen LogP contribution in [0.5, 0.6) is 0 Å². The van der Waals surface area contributed by atoms with Crippen LogP contribution in [0.2, 0.25) is 0 Å². The maximum absolute atomic E-state index is 12.6. The molecule has 0 bridgehead atoms. The minimum Gasteiger partial charge on any atom is -0.324 e.